The minimum absolute atomic E-state index is 0.0665. The Morgan fingerprint density at radius 3 is 3.06 bits per heavy atom. The predicted molar refractivity (Wildman–Crippen MR) is 70.0 cm³/mol. The number of aliphatic hydroxyl groups is 1. The van der Waals surface area contributed by atoms with Crippen molar-refractivity contribution >= 4 is 21.6 Å². The maximum Gasteiger partial charge on any atom is 0.0540 e. The fraction of sp³-hybridized carbons (Fsp3) is 0.583. The van der Waals surface area contributed by atoms with E-state index in [2.05, 4.69) is 26.2 Å². The Morgan fingerprint density at radius 2 is 2.41 bits per heavy atom. The number of aliphatic hydroxyl groups excluding tert-OH is 1. The zero-order valence-electron chi connectivity index (χ0n) is 9.66. The average Bonchev–Trinajstić information content (AvgIpc) is 2.76. The van der Waals surface area contributed by atoms with E-state index in [9.17, 15) is 0 Å². The average molecular weight is 301 g/mol. The normalized spacial score (nSPS) is 23.9. The molecular weight excluding hydrogens is 284 g/mol. The third-order valence-electron chi connectivity index (χ3n) is 3.20. The Bertz CT molecular complexity index is 367. The van der Waals surface area contributed by atoms with Gasteiger partial charge in [-0.25, -0.2) is 0 Å². The number of rotatable bonds is 5. The van der Waals surface area contributed by atoms with Crippen molar-refractivity contribution in [3.8, 4) is 0 Å². The van der Waals surface area contributed by atoms with E-state index in [-0.39, 0.29) is 12.0 Å². The smallest absolute Gasteiger partial charge is 0.0540 e. The molecule has 0 radical (unpaired) electrons. The standard InChI is InChI=1S/C12H17BrN2O2/c13-10-5-11(7-14-6-10)15-8-12(1-3-16)2-4-17-9-12/h5-7,15-16H,1-4,8-9H2/t12-/m1/s1. The topological polar surface area (TPSA) is 54.4 Å². The summed E-state index contributed by atoms with van der Waals surface area (Å²) >= 11 is 3.39. The molecule has 4 nitrogen and oxygen atoms in total. The quantitative estimate of drug-likeness (QED) is 0.874. The molecule has 5 heteroatoms. The van der Waals surface area contributed by atoms with Crippen LogP contribution in [0.3, 0.4) is 0 Å². The molecule has 0 spiro atoms. The first-order chi connectivity index (χ1) is 8.24. The summed E-state index contributed by atoms with van der Waals surface area (Å²) in [6, 6.07) is 2.00. The van der Waals surface area contributed by atoms with Crippen LogP contribution in [0.4, 0.5) is 5.69 Å². The zero-order valence-corrected chi connectivity index (χ0v) is 11.2. The van der Waals surface area contributed by atoms with Crippen molar-refractivity contribution in [3.05, 3.63) is 22.9 Å². The lowest BCUT2D eigenvalue weighted by Gasteiger charge is -2.27. The van der Waals surface area contributed by atoms with Crippen molar-refractivity contribution in [3.63, 3.8) is 0 Å². The van der Waals surface area contributed by atoms with Crippen LogP contribution in [0.1, 0.15) is 12.8 Å². The number of ether oxygens (including phenoxy) is 1. The van der Waals surface area contributed by atoms with E-state index in [4.69, 9.17) is 9.84 Å². The van der Waals surface area contributed by atoms with E-state index in [0.717, 1.165) is 42.8 Å². The van der Waals surface area contributed by atoms with E-state index in [1.54, 1.807) is 12.4 Å². The molecule has 1 fully saturated rings. The van der Waals surface area contributed by atoms with Crippen LogP contribution in [0.2, 0.25) is 0 Å². The lowest BCUT2D eigenvalue weighted by atomic mass is 9.84. The van der Waals surface area contributed by atoms with Crippen LogP contribution in [0, 0.1) is 5.41 Å². The molecule has 0 saturated carbocycles. The van der Waals surface area contributed by atoms with Gasteiger partial charge in [-0.3, -0.25) is 4.98 Å². The van der Waals surface area contributed by atoms with Gasteiger partial charge in [0, 0.05) is 35.8 Å². The summed E-state index contributed by atoms with van der Waals surface area (Å²) in [6.45, 7) is 2.54. The minimum atomic E-state index is 0.0665. The summed E-state index contributed by atoms with van der Waals surface area (Å²) < 4.78 is 6.41. The number of nitrogens with one attached hydrogen (secondary N) is 1. The number of halogens is 1. The Kier molecular flexibility index (Phi) is 4.36. The Hall–Kier alpha value is -0.650. The molecule has 0 amide bonds. The van der Waals surface area contributed by atoms with Crippen LogP contribution in [0.25, 0.3) is 0 Å². The van der Waals surface area contributed by atoms with E-state index < -0.39 is 0 Å². The van der Waals surface area contributed by atoms with E-state index in [0.29, 0.717) is 0 Å². The third-order valence-corrected chi connectivity index (χ3v) is 3.63. The first kappa shape index (κ1) is 12.8. The molecule has 2 heterocycles. The highest BCUT2D eigenvalue weighted by Gasteiger charge is 2.34. The van der Waals surface area contributed by atoms with Gasteiger partial charge in [-0.1, -0.05) is 0 Å². The molecule has 0 aliphatic carbocycles. The van der Waals surface area contributed by atoms with Crippen molar-refractivity contribution in [1.29, 1.82) is 0 Å². The molecule has 94 valence electrons. The van der Waals surface area contributed by atoms with Crippen molar-refractivity contribution in [2.24, 2.45) is 5.41 Å². The largest absolute Gasteiger partial charge is 0.396 e. The van der Waals surface area contributed by atoms with Gasteiger partial charge >= 0.3 is 0 Å². The third kappa shape index (κ3) is 3.40. The maximum absolute atomic E-state index is 9.13. The van der Waals surface area contributed by atoms with Crippen LogP contribution in [-0.2, 0) is 4.74 Å². The highest BCUT2D eigenvalue weighted by atomic mass is 79.9. The Labute approximate surface area is 110 Å². The summed E-state index contributed by atoms with van der Waals surface area (Å²) in [7, 11) is 0. The molecule has 1 saturated heterocycles. The zero-order chi connectivity index (χ0) is 12.1. The van der Waals surface area contributed by atoms with E-state index >= 15 is 0 Å². The molecule has 1 aliphatic heterocycles. The second kappa shape index (κ2) is 5.80. The SMILES string of the molecule is OCC[C@]1(CNc2cncc(Br)c2)CCOC1. The van der Waals surface area contributed by atoms with Gasteiger partial charge in [-0.15, -0.1) is 0 Å². The monoisotopic (exact) mass is 300 g/mol. The molecule has 1 aromatic rings. The first-order valence-electron chi connectivity index (χ1n) is 5.77. The molecule has 0 unspecified atom stereocenters. The fourth-order valence-corrected chi connectivity index (χ4v) is 2.47. The summed E-state index contributed by atoms with van der Waals surface area (Å²) in [5.41, 5.74) is 1.06. The number of hydrogen-bond acceptors (Lipinski definition) is 4. The Morgan fingerprint density at radius 1 is 1.53 bits per heavy atom. The molecule has 2 N–H and O–H groups in total. The van der Waals surface area contributed by atoms with Crippen LogP contribution >= 0.6 is 15.9 Å². The lowest BCUT2D eigenvalue weighted by molar-refractivity contribution is 0.133. The molecule has 1 atom stereocenters. The number of pyridine rings is 1. The van der Waals surface area contributed by atoms with Crippen molar-refractivity contribution in [1.82, 2.24) is 4.98 Å². The molecule has 0 aromatic carbocycles. The van der Waals surface area contributed by atoms with Gasteiger partial charge in [-0.05, 0) is 34.8 Å². The van der Waals surface area contributed by atoms with Crippen LogP contribution in [0.5, 0.6) is 0 Å². The molecular formula is C12H17BrN2O2. The summed E-state index contributed by atoms with van der Waals surface area (Å²) in [6.07, 6.45) is 5.34. The highest BCUT2D eigenvalue weighted by molar-refractivity contribution is 9.10. The van der Waals surface area contributed by atoms with Crippen molar-refractivity contribution in [2.45, 2.75) is 12.8 Å². The van der Waals surface area contributed by atoms with E-state index in [1.165, 1.54) is 0 Å². The number of aromatic nitrogens is 1. The number of nitrogens with zero attached hydrogens (tertiary/aromatic N) is 1. The van der Waals surface area contributed by atoms with Crippen LogP contribution < -0.4 is 5.32 Å². The van der Waals surface area contributed by atoms with Gasteiger partial charge in [0.1, 0.15) is 0 Å². The van der Waals surface area contributed by atoms with Crippen LogP contribution in [0.15, 0.2) is 22.9 Å². The van der Waals surface area contributed by atoms with Crippen molar-refractivity contribution < 1.29 is 9.84 Å². The van der Waals surface area contributed by atoms with Gasteiger partial charge < -0.3 is 15.2 Å². The second-order valence-electron chi connectivity index (χ2n) is 4.52. The van der Waals surface area contributed by atoms with Crippen molar-refractivity contribution in [2.75, 3.05) is 31.7 Å². The molecule has 17 heavy (non-hydrogen) atoms. The molecule has 1 aromatic heterocycles. The van der Waals surface area contributed by atoms with Crippen LogP contribution in [-0.4, -0.2) is 36.5 Å². The van der Waals surface area contributed by atoms with E-state index in [1.807, 2.05) is 6.07 Å². The Balaban J connectivity index is 1.95. The summed E-state index contributed by atoms with van der Waals surface area (Å²) in [5, 5.41) is 12.5. The predicted octanol–water partition coefficient (Wildman–Crippen LogP) is 2.05. The highest BCUT2D eigenvalue weighted by Crippen LogP contribution is 2.32. The summed E-state index contributed by atoms with van der Waals surface area (Å²) in [4.78, 5) is 4.11. The molecule has 2 rings (SSSR count). The fourth-order valence-electron chi connectivity index (χ4n) is 2.11. The molecule has 0 bridgehead atoms. The number of anilines is 1. The van der Waals surface area contributed by atoms with Gasteiger partial charge in [0.15, 0.2) is 0 Å². The maximum atomic E-state index is 9.13. The summed E-state index contributed by atoms with van der Waals surface area (Å²) in [5.74, 6) is 0. The van der Waals surface area contributed by atoms with Gasteiger partial charge in [0.05, 0.1) is 18.5 Å². The second-order valence-corrected chi connectivity index (χ2v) is 5.44. The van der Waals surface area contributed by atoms with Gasteiger partial charge in [-0.2, -0.15) is 0 Å². The molecule has 1 aliphatic rings. The lowest BCUT2D eigenvalue weighted by Crippen LogP contribution is -2.31. The minimum Gasteiger partial charge on any atom is -0.396 e. The number of hydrogen-bond donors (Lipinski definition) is 2. The van der Waals surface area contributed by atoms with Gasteiger partial charge in [0.25, 0.3) is 0 Å². The first-order valence-corrected chi connectivity index (χ1v) is 6.56. The van der Waals surface area contributed by atoms with Gasteiger partial charge in [0.2, 0.25) is 0 Å².